The van der Waals surface area contributed by atoms with E-state index in [0.717, 1.165) is 12.8 Å². The summed E-state index contributed by atoms with van der Waals surface area (Å²) in [5.41, 5.74) is 0.416. The van der Waals surface area contributed by atoms with E-state index < -0.39 is 5.82 Å². The number of carbonyl (C=O) groups is 1. The Morgan fingerprint density at radius 1 is 1.33 bits per heavy atom. The molecule has 116 valence electrons. The van der Waals surface area contributed by atoms with E-state index in [1.807, 2.05) is 7.05 Å². The third-order valence-corrected chi connectivity index (χ3v) is 5.13. The average Bonchev–Trinajstić information content (AvgIpc) is 2.79. The molecule has 0 aromatic heterocycles. The summed E-state index contributed by atoms with van der Waals surface area (Å²) in [7, 11) is 1.83. The zero-order valence-electron chi connectivity index (χ0n) is 11.8. The van der Waals surface area contributed by atoms with Gasteiger partial charge in [-0.3, -0.25) is 4.79 Å². The van der Waals surface area contributed by atoms with Gasteiger partial charge in [0.25, 0.3) is 5.91 Å². The highest BCUT2D eigenvalue weighted by Gasteiger charge is 2.36. The number of benzene rings is 1. The fourth-order valence-electron chi connectivity index (χ4n) is 3.34. The standard InChI is InChI=1S/C15H18BrFN2O.ClH/c1-19(12-7-10-3-4-11(8-12)18-10)15(20)9-2-5-13(16)14(17)6-9;/h2,5-6,10-12,18H,3-4,7-8H2,1H3;1H. The zero-order chi connectivity index (χ0) is 14.3. The van der Waals surface area contributed by atoms with Crippen molar-refractivity contribution in [2.45, 2.75) is 43.8 Å². The van der Waals surface area contributed by atoms with Gasteiger partial charge in [0.15, 0.2) is 0 Å². The van der Waals surface area contributed by atoms with Crippen molar-refractivity contribution in [3.63, 3.8) is 0 Å². The molecule has 2 heterocycles. The average molecular weight is 378 g/mol. The van der Waals surface area contributed by atoms with Gasteiger partial charge in [-0.1, -0.05) is 0 Å². The van der Waals surface area contributed by atoms with Crippen LogP contribution in [0.4, 0.5) is 4.39 Å². The summed E-state index contributed by atoms with van der Waals surface area (Å²) in [6.45, 7) is 0. The maximum atomic E-state index is 13.6. The normalized spacial score (nSPS) is 27.1. The first-order valence-corrected chi connectivity index (χ1v) is 7.82. The molecule has 1 N–H and O–H groups in total. The molecule has 0 radical (unpaired) electrons. The Balaban J connectivity index is 0.00000161. The Hall–Kier alpha value is -0.650. The van der Waals surface area contributed by atoms with Crippen molar-refractivity contribution in [3.8, 4) is 0 Å². The lowest BCUT2D eigenvalue weighted by Crippen LogP contribution is -2.48. The van der Waals surface area contributed by atoms with Crippen molar-refractivity contribution in [1.82, 2.24) is 10.2 Å². The highest BCUT2D eigenvalue weighted by molar-refractivity contribution is 9.10. The number of hydrogen-bond acceptors (Lipinski definition) is 2. The van der Waals surface area contributed by atoms with Crippen LogP contribution in [0.3, 0.4) is 0 Å². The highest BCUT2D eigenvalue weighted by Crippen LogP contribution is 2.30. The Labute approximate surface area is 138 Å². The predicted octanol–water partition coefficient (Wildman–Crippen LogP) is 3.37. The van der Waals surface area contributed by atoms with Crippen LogP contribution in [0.15, 0.2) is 22.7 Å². The van der Waals surface area contributed by atoms with Crippen LogP contribution in [0.1, 0.15) is 36.0 Å². The monoisotopic (exact) mass is 376 g/mol. The van der Waals surface area contributed by atoms with E-state index in [9.17, 15) is 9.18 Å². The molecule has 1 amide bonds. The molecular weight excluding hydrogens is 359 g/mol. The van der Waals surface area contributed by atoms with E-state index in [0.29, 0.717) is 22.1 Å². The lowest BCUT2D eigenvalue weighted by Gasteiger charge is -2.35. The van der Waals surface area contributed by atoms with E-state index in [1.54, 1.807) is 17.0 Å². The fourth-order valence-corrected chi connectivity index (χ4v) is 3.59. The van der Waals surface area contributed by atoms with Gasteiger partial charge >= 0.3 is 0 Å². The van der Waals surface area contributed by atoms with Crippen LogP contribution in [0.5, 0.6) is 0 Å². The Morgan fingerprint density at radius 2 is 1.95 bits per heavy atom. The molecule has 21 heavy (non-hydrogen) atoms. The molecule has 2 unspecified atom stereocenters. The van der Waals surface area contributed by atoms with E-state index in [4.69, 9.17) is 0 Å². The number of piperidine rings is 1. The van der Waals surface area contributed by atoms with E-state index in [2.05, 4.69) is 21.2 Å². The minimum absolute atomic E-state index is 0. The smallest absolute Gasteiger partial charge is 0.253 e. The molecule has 0 aliphatic carbocycles. The van der Waals surface area contributed by atoms with Gasteiger partial charge in [-0.2, -0.15) is 0 Å². The highest BCUT2D eigenvalue weighted by atomic mass is 79.9. The largest absolute Gasteiger partial charge is 0.339 e. The second-order valence-corrected chi connectivity index (χ2v) is 6.66. The van der Waals surface area contributed by atoms with Crippen molar-refractivity contribution in [2.75, 3.05) is 7.05 Å². The van der Waals surface area contributed by atoms with Crippen LogP contribution in [0.25, 0.3) is 0 Å². The summed E-state index contributed by atoms with van der Waals surface area (Å²) in [5, 5.41) is 3.57. The van der Waals surface area contributed by atoms with Crippen LogP contribution in [0.2, 0.25) is 0 Å². The van der Waals surface area contributed by atoms with Gasteiger partial charge in [0.1, 0.15) is 5.82 Å². The van der Waals surface area contributed by atoms with E-state index >= 15 is 0 Å². The first-order valence-electron chi connectivity index (χ1n) is 7.03. The van der Waals surface area contributed by atoms with Crippen LogP contribution >= 0.6 is 28.3 Å². The third-order valence-electron chi connectivity index (χ3n) is 4.48. The quantitative estimate of drug-likeness (QED) is 0.857. The molecule has 6 heteroatoms. The topological polar surface area (TPSA) is 32.3 Å². The predicted molar refractivity (Wildman–Crippen MR) is 86.4 cm³/mol. The van der Waals surface area contributed by atoms with Crippen LogP contribution in [0, 0.1) is 5.82 Å². The summed E-state index contributed by atoms with van der Waals surface area (Å²) in [6, 6.07) is 5.89. The van der Waals surface area contributed by atoms with Crippen molar-refractivity contribution >= 4 is 34.2 Å². The number of halogens is 3. The second kappa shape index (κ2) is 6.63. The molecule has 2 atom stereocenters. The first-order chi connectivity index (χ1) is 9.54. The molecule has 2 aliphatic heterocycles. The molecule has 3 rings (SSSR count). The number of hydrogen-bond donors (Lipinski definition) is 1. The van der Waals surface area contributed by atoms with Gasteiger partial charge in [0, 0.05) is 30.7 Å². The van der Waals surface area contributed by atoms with Gasteiger partial charge in [0.05, 0.1) is 4.47 Å². The SMILES string of the molecule is CN(C(=O)c1ccc(Br)c(F)c1)C1CC2CCC(C1)N2.Cl. The van der Waals surface area contributed by atoms with Crippen LogP contribution in [-0.4, -0.2) is 36.0 Å². The molecule has 1 aromatic carbocycles. The van der Waals surface area contributed by atoms with Crippen LogP contribution < -0.4 is 5.32 Å². The molecule has 2 saturated heterocycles. The number of fused-ring (bicyclic) bond motifs is 2. The number of carbonyl (C=O) groups excluding carboxylic acids is 1. The second-order valence-electron chi connectivity index (χ2n) is 5.81. The molecule has 0 spiro atoms. The molecule has 0 saturated carbocycles. The number of rotatable bonds is 2. The van der Waals surface area contributed by atoms with Gasteiger partial charge in [-0.15, -0.1) is 12.4 Å². The number of nitrogens with zero attached hydrogens (tertiary/aromatic N) is 1. The Bertz CT molecular complexity index is 530. The summed E-state index contributed by atoms with van der Waals surface area (Å²) >= 11 is 3.11. The summed E-state index contributed by atoms with van der Waals surface area (Å²) in [6.07, 6.45) is 4.40. The summed E-state index contributed by atoms with van der Waals surface area (Å²) in [4.78, 5) is 14.3. The molecule has 2 fully saturated rings. The molecule has 1 aromatic rings. The van der Waals surface area contributed by atoms with Crippen molar-refractivity contribution < 1.29 is 9.18 Å². The molecule has 3 nitrogen and oxygen atoms in total. The van der Waals surface area contributed by atoms with Gasteiger partial charge in [-0.25, -0.2) is 4.39 Å². The fraction of sp³-hybridized carbons (Fsp3) is 0.533. The van der Waals surface area contributed by atoms with Gasteiger partial charge < -0.3 is 10.2 Å². The zero-order valence-corrected chi connectivity index (χ0v) is 14.2. The maximum Gasteiger partial charge on any atom is 0.253 e. The lowest BCUT2D eigenvalue weighted by atomic mass is 9.98. The molecule has 2 aliphatic rings. The van der Waals surface area contributed by atoms with Crippen molar-refractivity contribution in [1.29, 1.82) is 0 Å². The summed E-state index contributed by atoms with van der Waals surface area (Å²) in [5.74, 6) is -0.489. The summed E-state index contributed by atoms with van der Waals surface area (Å²) < 4.78 is 13.9. The van der Waals surface area contributed by atoms with Crippen molar-refractivity contribution in [2.24, 2.45) is 0 Å². The number of amides is 1. The van der Waals surface area contributed by atoms with E-state index in [1.165, 1.54) is 18.9 Å². The lowest BCUT2D eigenvalue weighted by molar-refractivity contribution is 0.0681. The third kappa shape index (κ3) is 3.41. The van der Waals surface area contributed by atoms with E-state index in [-0.39, 0.29) is 24.4 Å². The minimum Gasteiger partial charge on any atom is -0.339 e. The molecule has 2 bridgehead atoms. The van der Waals surface area contributed by atoms with Crippen LogP contribution in [-0.2, 0) is 0 Å². The first kappa shape index (κ1) is 16.7. The Morgan fingerprint density at radius 3 is 2.52 bits per heavy atom. The maximum absolute atomic E-state index is 13.6. The van der Waals surface area contributed by atoms with Gasteiger partial charge in [-0.05, 0) is 59.8 Å². The molecular formula is C15H19BrClFN2O. The Kier molecular flexibility index (Phi) is 5.28. The minimum atomic E-state index is -0.394. The van der Waals surface area contributed by atoms with Gasteiger partial charge in [0.2, 0.25) is 0 Å². The number of nitrogens with one attached hydrogen (secondary N) is 1. The van der Waals surface area contributed by atoms with Crippen molar-refractivity contribution in [3.05, 3.63) is 34.1 Å².